The van der Waals surface area contributed by atoms with Crippen LogP contribution in [0.25, 0.3) is 0 Å². The van der Waals surface area contributed by atoms with Crippen LogP contribution in [-0.4, -0.2) is 16.3 Å². The SMILES string of the molecule is CCC(CC(N)=NO)Sc1ccc(Cl)c(Cl)c1. The number of amidine groups is 1. The third-order valence-electron chi connectivity index (χ3n) is 2.21. The Balaban J connectivity index is 2.70. The summed E-state index contributed by atoms with van der Waals surface area (Å²) < 4.78 is 0. The highest BCUT2D eigenvalue weighted by atomic mass is 35.5. The number of nitrogens with two attached hydrogens (primary N) is 1. The van der Waals surface area contributed by atoms with Gasteiger partial charge in [0.15, 0.2) is 0 Å². The van der Waals surface area contributed by atoms with Crippen molar-refractivity contribution in [2.24, 2.45) is 10.9 Å². The lowest BCUT2D eigenvalue weighted by Crippen LogP contribution is -2.18. The number of nitrogens with zero attached hydrogens (tertiary/aromatic N) is 1. The third-order valence-corrected chi connectivity index (χ3v) is 4.31. The molecule has 0 aliphatic rings. The normalized spacial score (nSPS) is 13.7. The molecule has 0 bridgehead atoms. The van der Waals surface area contributed by atoms with Gasteiger partial charge in [-0.25, -0.2) is 0 Å². The van der Waals surface area contributed by atoms with Crippen molar-refractivity contribution >= 4 is 40.8 Å². The lowest BCUT2D eigenvalue weighted by atomic mass is 10.2. The molecule has 0 saturated heterocycles. The first-order valence-electron chi connectivity index (χ1n) is 5.15. The van der Waals surface area contributed by atoms with Crippen molar-refractivity contribution in [3.63, 3.8) is 0 Å². The van der Waals surface area contributed by atoms with E-state index in [1.807, 2.05) is 12.1 Å². The molecule has 1 aromatic rings. The molecule has 1 atom stereocenters. The number of hydrogen-bond acceptors (Lipinski definition) is 3. The van der Waals surface area contributed by atoms with E-state index < -0.39 is 0 Å². The van der Waals surface area contributed by atoms with Gasteiger partial charge >= 0.3 is 0 Å². The van der Waals surface area contributed by atoms with E-state index in [1.54, 1.807) is 17.8 Å². The summed E-state index contributed by atoms with van der Waals surface area (Å²) in [5, 5.41) is 12.9. The van der Waals surface area contributed by atoms with E-state index in [4.69, 9.17) is 34.1 Å². The van der Waals surface area contributed by atoms with Gasteiger partial charge < -0.3 is 10.9 Å². The largest absolute Gasteiger partial charge is 0.409 e. The molecule has 0 amide bonds. The number of oxime groups is 1. The Hall–Kier alpha value is -0.580. The minimum absolute atomic E-state index is 0.240. The monoisotopic (exact) mass is 292 g/mol. The molecule has 94 valence electrons. The van der Waals surface area contributed by atoms with Gasteiger partial charge in [0.2, 0.25) is 0 Å². The molecule has 0 heterocycles. The molecule has 3 nitrogen and oxygen atoms in total. The van der Waals surface area contributed by atoms with Gasteiger partial charge in [0.1, 0.15) is 5.84 Å². The van der Waals surface area contributed by atoms with Crippen molar-refractivity contribution in [1.82, 2.24) is 0 Å². The molecule has 0 aliphatic heterocycles. The van der Waals surface area contributed by atoms with Crippen LogP contribution in [0.4, 0.5) is 0 Å². The summed E-state index contributed by atoms with van der Waals surface area (Å²) in [6.45, 7) is 2.06. The van der Waals surface area contributed by atoms with Crippen LogP contribution in [0.5, 0.6) is 0 Å². The van der Waals surface area contributed by atoms with Crippen LogP contribution in [-0.2, 0) is 0 Å². The predicted molar refractivity (Wildman–Crippen MR) is 74.4 cm³/mol. The summed E-state index contributed by atoms with van der Waals surface area (Å²) >= 11 is 13.4. The summed E-state index contributed by atoms with van der Waals surface area (Å²) in [6.07, 6.45) is 1.46. The van der Waals surface area contributed by atoms with Gasteiger partial charge in [-0.15, -0.1) is 11.8 Å². The van der Waals surface area contributed by atoms with Crippen molar-refractivity contribution in [2.75, 3.05) is 0 Å². The smallest absolute Gasteiger partial charge is 0.140 e. The molecule has 0 aromatic heterocycles. The van der Waals surface area contributed by atoms with E-state index in [9.17, 15) is 0 Å². The molecule has 0 saturated carbocycles. The number of hydrogen-bond donors (Lipinski definition) is 2. The predicted octanol–water partition coefficient (Wildman–Crippen LogP) is 4.00. The van der Waals surface area contributed by atoms with Gasteiger partial charge in [-0.3, -0.25) is 0 Å². The first-order valence-corrected chi connectivity index (χ1v) is 6.78. The maximum absolute atomic E-state index is 8.54. The first-order chi connectivity index (χ1) is 8.06. The van der Waals surface area contributed by atoms with Gasteiger partial charge in [0, 0.05) is 16.6 Å². The van der Waals surface area contributed by atoms with Crippen LogP contribution in [0, 0.1) is 0 Å². The summed E-state index contributed by atoms with van der Waals surface area (Å²) in [6, 6.07) is 5.50. The van der Waals surface area contributed by atoms with Crippen molar-refractivity contribution in [2.45, 2.75) is 29.9 Å². The number of halogens is 2. The topological polar surface area (TPSA) is 58.6 Å². The Kier molecular flexibility index (Phi) is 5.95. The van der Waals surface area contributed by atoms with Crippen molar-refractivity contribution in [3.8, 4) is 0 Å². The lowest BCUT2D eigenvalue weighted by molar-refractivity contribution is 0.316. The van der Waals surface area contributed by atoms with Gasteiger partial charge in [0.25, 0.3) is 0 Å². The van der Waals surface area contributed by atoms with Gasteiger partial charge in [-0.05, 0) is 24.6 Å². The van der Waals surface area contributed by atoms with Gasteiger partial charge in [-0.1, -0.05) is 35.3 Å². The second kappa shape index (κ2) is 6.99. The molecule has 17 heavy (non-hydrogen) atoms. The van der Waals surface area contributed by atoms with Gasteiger partial charge in [0.05, 0.1) is 10.0 Å². The molecule has 1 rings (SSSR count). The Morgan fingerprint density at radius 3 is 2.71 bits per heavy atom. The van der Waals surface area contributed by atoms with E-state index in [2.05, 4.69) is 12.1 Å². The van der Waals surface area contributed by atoms with Crippen molar-refractivity contribution < 1.29 is 5.21 Å². The second-order valence-corrected chi connectivity index (χ2v) is 5.71. The Morgan fingerprint density at radius 2 is 2.18 bits per heavy atom. The maximum Gasteiger partial charge on any atom is 0.140 e. The van der Waals surface area contributed by atoms with Crippen LogP contribution in [0.2, 0.25) is 10.0 Å². The molecule has 0 radical (unpaired) electrons. The molecule has 6 heteroatoms. The highest BCUT2D eigenvalue weighted by molar-refractivity contribution is 8.00. The molecule has 1 unspecified atom stereocenters. The summed E-state index contributed by atoms with van der Waals surface area (Å²) in [5.74, 6) is 0.240. The average Bonchev–Trinajstić information content (AvgIpc) is 2.32. The van der Waals surface area contributed by atoms with E-state index in [-0.39, 0.29) is 11.1 Å². The van der Waals surface area contributed by atoms with E-state index in [0.29, 0.717) is 16.5 Å². The molecule has 0 fully saturated rings. The highest BCUT2D eigenvalue weighted by Gasteiger charge is 2.11. The van der Waals surface area contributed by atoms with Crippen LogP contribution >= 0.6 is 35.0 Å². The standard InChI is InChI=1S/C11H14Cl2N2OS/c1-2-7(6-11(14)15-16)17-8-3-4-9(12)10(13)5-8/h3-5,7,16H,2,6H2,1H3,(H2,14,15). The average molecular weight is 293 g/mol. The van der Waals surface area contributed by atoms with E-state index in [1.165, 1.54) is 0 Å². The maximum atomic E-state index is 8.54. The number of thioether (sulfide) groups is 1. The van der Waals surface area contributed by atoms with Crippen LogP contribution < -0.4 is 5.73 Å². The minimum atomic E-state index is 0.240. The lowest BCUT2D eigenvalue weighted by Gasteiger charge is -2.13. The highest BCUT2D eigenvalue weighted by Crippen LogP contribution is 2.32. The minimum Gasteiger partial charge on any atom is -0.409 e. The van der Waals surface area contributed by atoms with E-state index in [0.717, 1.165) is 11.3 Å². The summed E-state index contributed by atoms with van der Waals surface area (Å²) in [5.41, 5.74) is 5.50. The zero-order valence-electron chi connectivity index (χ0n) is 9.36. The molecular weight excluding hydrogens is 279 g/mol. The molecule has 0 aliphatic carbocycles. The van der Waals surface area contributed by atoms with Crippen LogP contribution in [0.1, 0.15) is 19.8 Å². The van der Waals surface area contributed by atoms with Crippen LogP contribution in [0.3, 0.4) is 0 Å². The summed E-state index contributed by atoms with van der Waals surface area (Å²) in [4.78, 5) is 1.02. The zero-order chi connectivity index (χ0) is 12.8. The quantitative estimate of drug-likeness (QED) is 0.283. The molecule has 1 aromatic carbocycles. The Labute approximate surface area is 115 Å². The number of benzene rings is 1. The van der Waals surface area contributed by atoms with Crippen LogP contribution in [0.15, 0.2) is 28.3 Å². The zero-order valence-corrected chi connectivity index (χ0v) is 11.7. The molecule has 0 spiro atoms. The Morgan fingerprint density at radius 1 is 1.47 bits per heavy atom. The Bertz CT molecular complexity index is 412. The second-order valence-electron chi connectivity index (χ2n) is 3.52. The number of rotatable bonds is 5. The molecular formula is C11H14Cl2N2OS. The molecule has 3 N–H and O–H groups in total. The third kappa shape index (κ3) is 4.66. The fraction of sp³-hybridized carbons (Fsp3) is 0.364. The fourth-order valence-electron chi connectivity index (χ4n) is 1.29. The van der Waals surface area contributed by atoms with Crippen molar-refractivity contribution in [3.05, 3.63) is 28.2 Å². The fourth-order valence-corrected chi connectivity index (χ4v) is 2.79. The summed E-state index contributed by atoms with van der Waals surface area (Å²) in [7, 11) is 0. The van der Waals surface area contributed by atoms with Gasteiger partial charge in [-0.2, -0.15) is 0 Å². The van der Waals surface area contributed by atoms with E-state index >= 15 is 0 Å². The first kappa shape index (κ1) is 14.5. The van der Waals surface area contributed by atoms with Crippen molar-refractivity contribution in [1.29, 1.82) is 0 Å².